The summed E-state index contributed by atoms with van der Waals surface area (Å²) < 4.78 is 6.16. The number of nitrogens with zero attached hydrogens (tertiary/aromatic N) is 1. The average Bonchev–Trinajstić information content (AvgIpc) is 2.71. The highest BCUT2D eigenvalue weighted by Crippen LogP contribution is 2.28. The molecule has 0 amide bonds. The monoisotopic (exact) mass is 461 g/mol. The molecule has 4 N–H and O–H groups in total. The minimum Gasteiger partial charge on any atom is -0.481 e. The van der Waals surface area contributed by atoms with Crippen LogP contribution < -0.4 is 0 Å². The lowest BCUT2D eigenvalue weighted by Gasteiger charge is -2.22. The molecule has 0 fully saturated rings. The molecule has 0 aliphatic carbocycles. The van der Waals surface area contributed by atoms with Crippen molar-refractivity contribution in [3.05, 3.63) is 71.3 Å². The molecule has 9 nitrogen and oxygen atoms in total. The number of hydrogen-bond donors (Lipinski definition) is 4. The lowest BCUT2D eigenvalue weighted by Crippen LogP contribution is -2.42. The molecule has 9 heteroatoms. The van der Waals surface area contributed by atoms with E-state index in [2.05, 4.69) is 74.4 Å². The Morgan fingerprint density at radius 2 is 1.42 bits per heavy atom. The summed E-state index contributed by atoms with van der Waals surface area (Å²) in [6.07, 6.45) is -2.28. The zero-order valence-corrected chi connectivity index (χ0v) is 19.0. The second-order valence-electron chi connectivity index (χ2n) is 7.80. The number of rotatable bonds is 11. The van der Waals surface area contributed by atoms with Crippen molar-refractivity contribution < 1.29 is 39.5 Å². The van der Waals surface area contributed by atoms with E-state index in [1.165, 1.54) is 16.7 Å². The molecule has 0 heterocycles. The summed E-state index contributed by atoms with van der Waals surface area (Å²) in [6, 6.07) is 18.9. The van der Waals surface area contributed by atoms with Crippen LogP contribution in [0.2, 0.25) is 0 Å². The summed E-state index contributed by atoms with van der Waals surface area (Å²) in [5.41, 5.74) is 0.988. The first kappa shape index (κ1) is 27.8. The fraction of sp³-hybridized carbons (Fsp3) is 0.375. The summed E-state index contributed by atoms with van der Waals surface area (Å²) in [5, 5.41) is 33.8. The molecule has 0 spiro atoms. The van der Waals surface area contributed by atoms with Crippen LogP contribution in [-0.2, 0) is 19.1 Å². The van der Waals surface area contributed by atoms with Crippen molar-refractivity contribution in [1.82, 2.24) is 4.90 Å². The van der Waals surface area contributed by atoms with E-state index < -0.39 is 36.4 Å². The van der Waals surface area contributed by atoms with Gasteiger partial charge in [0.25, 0.3) is 0 Å². The number of likely N-dealkylation sites (N-methyl/N-ethyl adjacent to an activating group) is 1. The van der Waals surface area contributed by atoms with Crippen LogP contribution in [0.15, 0.2) is 54.6 Å². The highest BCUT2D eigenvalue weighted by molar-refractivity contribution is 5.88. The van der Waals surface area contributed by atoms with Crippen LogP contribution in [0.5, 0.6) is 0 Å². The van der Waals surface area contributed by atoms with Crippen molar-refractivity contribution in [1.29, 1.82) is 0 Å². The second-order valence-corrected chi connectivity index (χ2v) is 7.80. The number of carbonyl (C=O) groups is 3. The largest absolute Gasteiger partial charge is 0.481 e. The maximum atomic E-state index is 10.3. The van der Waals surface area contributed by atoms with Crippen LogP contribution in [0, 0.1) is 6.92 Å². The predicted molar refractivity (Wildman–Crippen MR) is 121 cm³/mol. The Balaban J connectivity index is 0.000000366. The molecule has 0 bridgehead atoms. The Kier molecular flexibility index (Phi) is 11.2. The number of aliphatic carboxylic acids is 3. The summed E-state index contributed by atoms with van der Waals surface area (Å²) in [4.78, 5) is 32.6. The molecular weight excluding hydrogens is 430 g/mol. The summed E-state index contributed by atoms with van der Waals surface area (Å²) in [7, 11) is 4.13. The van der Waals surface area contributed by atoms with E-state index in [1.807, 2.05) is 6.07 Å². The highest BCUT2D eigenvalue weighted by Gasteiger charge is 2.40. The molecule has 2 aromatic carbocycles. The van der Waals surface area contributed by atoms with Crippen molar-refractivity contribution >= 4 is 17.9 Å². The van der Waals surface area contributed by atoms with Gasteiger partial charge in [0.15, 0.2) is 5.60 Å². The molecule has 0 saturated heterocycles. The van der Waals surface area contributed by atoms with Crippen molar-refractivity contribution in [2.45, 2.75) is 31.5 Å². The standard InChI is InChI=1S/C18H23NO.C6H8O7/c1-15-9-7-8-12-17(15)18(20-14-13-19(2)3)16-10-5-4-6-11-16;7-3(8)1-6(13,5(11)12)2-4(9)10/h4-12,18H,13-14H2,1-3H3;13H,1-2H2,(H,7,8)(H,9,10)(H,11,12)/t18-;/m1./s1. The maximum Gasteiger partial charge on any atom is 0.336 e. The van der Waals surface area contributed by atoms with Gasteiger partial charge in [0, 0.05) is 6.54 Å². The van der Waals surface area contributed by atoms with E-state index in [9.17, 15) is 14.4 Å². The minimum absolute atomic E-state index is 0.0114. The topological polar surface area (TPSA) is 145 Å². The van der Waals surface area contributed by atoms with E-state index in [1.54, 1.807) is 0 Å². The summed E-state index contributed by atoms with van der Waals surface area (Å²) >= 11 is 0. The quantitative estimate of drug-likeness (QED) is 0.396. The zero-order valence-electron chi connectivity index (χ0n) is 19.0. The number of hydrogen-bond acceptors (Lipinski definition) is 6. The first-order valence-electron chi connectivity index (χ1n) is 10.2. The van der Waals surface area contributed by atoms with Gasteiger partial charge in [-0.1, -0.05) is 54.6 Å². The fourth-order valence-electron chi connectivity index (χ4n) is 2.94. The molecule has 2 rings (SSSR count). The van der Waals surface area contributed by atoms with E-state index in [4.69, 9.17) is 25.2 Å². The van der Waals surface area contributed by atoms with Crippen molar-refractivity contribution in [2.75, 3.05) is 27.2 Å². The van der Waals surface area contributed by atoms with Gasteiger partial charge in [0.1, 0.15) is 6.10 Å². The van der Waals surface area contributed by atoms with Crippen molar-refractivity contribution in [3.63, 3.8) is 0 Å². The Hall–Kier alpha value is -3.27. The molecule has 0 unspecified atom stereocenters. The van der Waals surface area contributed by atoms with Gasteiger partial charge in [0.05, 0.1) is 19.4 Å². The normalized spacial score (nSPS) is 11.9. The van der Waals surface area contributed by atoms with Gasteiger partial charge >= 0.3 is 17.9 Å². The summed E-state index contributed by atoms with van der Waals surface area (Å²) in [6.45, 7) is 3.79. The van der Waals surface area contributed by atoms with Crippen LogP contribution in [0.4, 0.5) is 0 Å². The smallest absolute Gasteiger partial charge is 0.336 e. The maximum absolute atomic E-state index is 10.3. The summed E-state index contributed by atoms with van der Waals surface area (Å²) in [5.74, 6) is -5.02. The van der Waals surface area contributed by atoms with Gasteiger partial charge in [-0.3, -0.25) is 9.59 Å². The first-order chi connectivity index (χ1) is 15.5. The lowest BCUT2D eigenvalue weighted by atomic mass is 9.96. The van der Waals surface area contributed by atoms with E-state index in [0.29, 0.717) is 0 Å². The Morgan fingerprint density at radius 1 is 0.909 bits per heavy atom. The van der Waals surface area contributed by atoms with Gasteiger partial charge in [-0.2, -0.15) is 0 Å². The van der Waals surface area contributed by atoms with Crippen LogP contribution in [0.25, 0.3) is 0 Å². The van der Waals surface area contributed by atoms with Crippen LogP contribution >= 0.6 is 0 Å². The third-order valence-electron chi connectivity index (χ3n) is 4.68. The van der Waals surface area contributed by atoms with Crippen molar-refractivity contribution in [2.24, 2.45) is 0 Å². The predicted octanol–water partition coefficient (Wildman–Crippen LogP) is 2.41. The van der Waals surface area contributed by atoms with Gasteiger partial charge < -0.3 is 30.1 Å². The molecule has 0 radical (unpaired) electrons. The third kappa shape index (κ3) is 9.82. The van der Waals surface area contributed by atoms with Crippen LogP contribution in [0.1, 0.15) is 35.6 Å². The number of aryl methyl sites for hydroxylation is 1. The molecule has 0 aromatic heterocycles. The van der Waals surface area contributed by atoms with E-state index in [0.717, 1.165) is 13.2 Å². The number of benzene rings is 2. The Morgan fingerprint density at radius 3 is 1.88 bits per heavy atom. The first-order valence-corrected chi connectivity index (χ1v) is 10.2. The minimum atomic E-state index is -2.74. The zero-order chi connectivity index (χ0) is 25.0. The number of aliphatic hydroxyl groups is 1. The second kappa shape index (κ2) is 13.3. The third-order valence-corrected chi connectivity index (χ3v) is 4.68. The SMILES string of the molecule is Cc1ccccc1[C@H](OCCN(C)C)c1ccccc1.O=C(O)CC(O)(CC(=O)O)C(=O)O. The van der Waals surface area contributed by atoms with E-state index in [-0.39, 0.29) is 6.10 Å². The fourth-order valence-corrected chi connectivity index (χ4v) is 2.94. The van der Waals surface area contributed by atoms with Crippen molar-refractivity contribution in [3.8, 4) is 0 Å². The lowest BCUT2D eigenvalue weighted by molar-refractivity contribution is -0.170. The Bertz CT molecular complexity index is 898. The molecule has 0 aliphatic heterocycles. The van der Waals surface area contributed by atoms with Crippen LogP contribution in [-0.4, -0.2) is 76.1 Å². The highest BCUT2D eigenvalue weighted by atomic mass is 16.5. The van der Waals surface area contributed by atoms with Gasteiger partial charge in [0.2, 0.25) is 0 Å². The molecule has 0 aliphatic rings. The molecular formula is C24H31NO8. The molecule has 2 aromatic rings. The number of carboxylic acids is 3. The number of carboxylic acid groups (broad SMARTS) is 3. The molecule has 0 saturated carbocycles. The molecule has 1 atom stereocenters. The number of ether oxygens (including phenoxy) is 1. The van der Waals surface area contributed by atoms with Gasteiger partial charge in [-0.05, 0) is 37.7 Å². The Labute approximate surface area is 192 Å². The van der Waals surface area contributed by atoms with Gasteiger partial charge in [-0.25, -0.2) is 4.79 Å². The molecule has 180 valence electrons. The van der Waals surface area contributed by atoms with Crippen LogP contribution in [0.3, 0.4) is 0 Å². The van der Waals surface area contributed by atoms with E-state index >= 15 is 0 Å². The average molecular weight is 462 g/mol. The molecule has 33 heavy (non-hydrogen) atoms. The van der Waals surface area contributed by atoms with Gasteiger partial charge in [-0.15, -0.1) is 0 Å².